The van der Waals surface area contributed by atoms with Gasteiger partial charge >= 0.3 is 0 Å². The third kappa shape index (κ3) is 2.24. The monoisotopic (exact) mass is 230 g/mol. The highest BCUT2D eigenvalue weighted by Gasteiger charge is 2.22. The van der Waals surface area contributed by atoms with Crippen LogP contribution in [0.2, 0.25) is 0 Å². The zero-order valence-electron chi connectivity index (χ0n) is 10.7. The quantitative estimate of drug-likeness (QED) is 0.839. The van der Waals surface area contributed by atoms with Crippen molar-refractivity contribution in [3.05, 3.63) is 34.9 Å². The summed E-state index contributed by atoms with van der Waals surface area (Å²) in [7, 11) is 0. The van der Waals surface area contributed by atoms with Crippen LogP contribution in [0.1, 0.15) is 36.5 Å². The summed E-state index contributed by atoms with van der Waals surface area (Å²) in [5, 5.41) is 3.46. The summed E-state index contributed by atoms with van der Waals surface area (Å²) >= 11 is 0. The smallest absolute Gasteiger partial charge is 0.0239 e. The second-order valence-corrected chi connectivity index (χ2v) is 5.44. The molecule has 0 bridgehead atoms. The fraction of sp³-hybridized carbons (Fsp3) is 0.600. The summed E-state index contributed by atoms with van der Waals surface area (Å²) in [6.45, 7) is 7.00. The molecule has 1 fully saturated rings. The fourth-order valence-corrected chi connectivity index (χ4v) is 3.21. The molecule has 1 atom stereocenters. The molecule has 0 aliphatic carbocycles. The second kappa shape index (κ2) is 4.79. The summed E-state index contributed by atoms with van der Waals surface area (Å²) in [4.78, 5) is 2.64. The van der Waals surface area contributed by atoms with E-state index in [0.29, 0.717) is 0 Å². The molecule has 2 aliphatic heterocycles. The number of rotatable bonds is 2. The number of nitrogens with zero attached hydrogens (tertiary/aromatic N) is 1. The van der Waals surface area contributed by atoms with Crippen LogP contribution >= 0.6 is 0 Å². The highest BCUT2D eigenvalue weighted by Crippen LogP contribution is 2.24. The molecular formula is C15H22N2. The van der Waals surface area contributed by atoms with Crippen LogP contribution in [0, 0.1) is 0 Å². The minimum Gasteiger partial charge on any atom is -0.312 e. The van der Waals surface area contributed by atoms with Gasteiger partial charge in [0.1, 0.15) is 0 Å². The van der Waals surface area contributed by atoms with E-state index in [9.17, 15) is 0 Å². The molecule has 1 N–H and O–H groups in total. The molecule has 2 heterocycles. The van der Waals surface area contributed by atoms with E-state index < -0.39 is 0 Å². The molecule has 1 aromatic rings. The van der Waals surface area contributed by atoms with Gasteiger partial charge in [0.15, 0.2) is 0 Å². The zero-order chi connectivity index (χ0) is 11.7. The van der Waals surface area contributed by atoms with Gasteiger partial charge in [-0.05, 0) is 56.0 Å². The van der Waals surface area contributed by atoms with Crippen molar-refractivity contribution in [2.24, 2.45) is 0 Å². The van der Waals surface area contributed by atoms with Crippen molar-refractivity contribution in [3.63, 3.8) is 0 Å². The molecule has 0 amide bonds. The summed E-state index contributed by atoms with van der Waals surface area (Å²) in [6, 6.07) is 7.60. The summed E-state index contributed by atoms with van der Waals surface area (Å²) in [5.41, 5.74) is 4.70. The van der Waals surface area contributed by atoms with Crippen LogP contribution in [-0.2, 0) is 19.5 Å². The number of fused-ring (bicyclic) bond motifs is 1. The molecule has 1 unspecified atom stereocenters. The zero-order valence-corrected chi connectivity index (χ0v) is 10.7. The molecule has 0 spiro atoms. The molecule has 0 saturated carbocycles. The van der Waals surface area contributed by atoms with Crippen molar-refractivity contribution >= 4 is 0 Å². The Balaban J connectivity index is 1.82. The highest BCUT2D eigenvalue weighted by atomic mass is 15.2. The first kappa shape index (κ1) is 11.2. The molecule has 2 aliphatic rings. The van der Waals surface area contributed by atoms with Gasteiger partial charge < -0.3 is 5.32 Å². The number of hydrogen-bond acceptors (Lipinski definition) is 2. The maximum atomic E-state index is 3.46. The lowest BCUT2D eigenvalue weighted by Gasteiger charge is -2.25. The topological polar surface area (TPSA) is 15.3 Å². The summed E-state index contributed by atoms with van der Waals surface area (Å²) < 4.78 is 0. The van der Waals surface area contributed by atoms with E-state index in [4.69, 9.17) is 0 Å². The third-order valence-electron chi connectivity index (χ3n) is 4.30. The van der Waals surface area contributed by atoms with E-state index in [2.05, 4.69) is 35.3 Å². The van der Waals surface area contributed by atoms with Gasteiger partial charge in [-0.15, -0.1) is 0 Å². The summed E-state index contributed by atoms with van der Waals surface area (Å²) in [6.07, 6.45) is 3.95. The van der Waals surface area contributed by atoms with Crippen LogP contribution in [0.25, 0.3) is 0 Å². The number of benzene rings is 1. The van der Waals surface area contributed by atoms with E-state index in [1.807, 2.05) is 0 Å². The molecule has 2 heteroatoms. The Bertz CT molecular complexity index is 400. The van der Waals surface area contributed by atoms with Crippen molar-refractivity contribution in [2.45, 2.75) is 45.3 Å². The van der Waals surface area contributed by atoms with Crippen LogP contribution < -0.4 is 5.32 Å². The lowest BCUT2D eigenvalue weighted by molar-refractivity contribution is 0.259. The number of hydrogen-bond donors (Lipinski definition) is 1. The minimum absolute atomic E-state index is 0.771. The van der Waals surface area contributed by atoms with Gasteiger partial charge in [-0.25, -0.2) is 0 Å². The second-order valence-electron chi connectivity index (χ2n) is 5.44. The minimum atomic E-state index is 0.771. The van der Waals surface area contributed by atoms with Crippen LogP contribution in [0.4, 0.5) is 0 Å². The molecule has 92 valence electrons. The van der Waals surface area contributed by atoms with Crippen molar-refractivity contribution in [3.8, 4) is 0 Å². The Labute approximate surface area is 104 Å². The van der Waals surface area contributed by atoms with E-state index in [1.54, 1.807) is 11.1 Å². The number of likely N-dealkylation sites (tertiary alicyclic amines) is 1. The normalized spacial score (nSPS) is 24.9. The largest absolute Gasteiger partial charge is 0.312 e. The van der Waals surface area contributed by atoms with Gasteiger partial charge in [0.2, 0.25) is 0 Å². The first-order valence-electron chi connectivity index (χ1n) is 6.89. The fourth-order valence-electron chi connectivity index (χ4n) is 3.21. The lowest BCUT2D eigenvalue weighted by atomic mass is 9.95. The van der Waals surface area contributed by atoms with Gasteiger partial charge in [0.05, 0.1) is 0 Å². The van der Waals surface area contributed by atoms with E-state index in [0.717, 1.165) is 25.7 Å². The van der Waals surface area contributed by atoms with Crippen molar-refractivity contribution in [1.29, 1.82) is 0 Å². The van der Waals surface area contributed by atoms with Crippen molar-refractivity contribution < 1.29 is 0 Å². The molecule has 0 radical (unpaired) electrons. The maximum Gasteiger partial charge on any atom is 0.0239 e. The average molecular weight is 230 g/mol. The van der Waals surface area contributed by atoms with Crippen molar-refractivity contribution in [1.82, 2.24) is 10.2 Å². The van der Waals surface area contributed by atoms with Gasteiger partial charge in [0.25, 0.3) is 0 Å². The van der Waals surface area contributed by atoms with Gasteiger partial charge in [0, 0.05) is 19.1 Å². The highest BCUT2D eigenvalue weighted by molar-refractivity contribution is 5.37. The molecule has 1 saturated heterocycles. The maximum absolute atomic E-state index is 3.46. The van der Waals surface area contributed by atoms with Crippen LogP contribution in [0.5, 0.6) is 0 Å². The van der Waals surface area contributed by atoms with Crippen molar-refractivity contribution in [2.75, 3.05) is 13.1 Å². The number of nitrogens with one attached hydrogen (secondary N) is 1. The van der Waals surface area contributed by atoms with E-state index in [-0.39, 0.29) is 0 Å². The Morgan fingerprint density at radius 1 is 1.41 bits per heavy atom. The SMILES string of the molecule is CC1CCCN1Cc1cccc2c1CCNC2. The molecule has 17 heavy (non-hydrogen) atoms. The molecule has 0 aromatic heterocycles. The Morgan fingerprint density at radius 2 is 2.35 bits per heavy atom. The lowest BCUT2D eigenvalue weighted by Crippen LogP contribution is -2.29. The predicted molar refractivity (Wildman–Crippen MR) is 71.0 cm³/mol. The van der Waals surface area contributed by atoms with Gasteiger partial charge in [-0.1, -0.05) is 18.2 Å². The molecule has 3 rings (SSSR count). The van der Waals surface area contributed by atoms with Gasteiger partial charge in [-0.2, -0.15) is 0 Å². The molecular weight excluding hydrogens is 208 g/mol. The van der Waals surface area contributed by atoms with Gasteiger partial charge in [-0.3, -0.25) is 4.90 Å². The Kier molecular flexibility index (Phi) is 3.17. The van der Waals surface area contributed by atoms with E-state index >= 15 is 0 Å². The van der Waals surface area contributed by atoms with Crippen LogP contribution in [0.15, 0.2) is 18.2 Å². The Hall–Kier alpha value is -0.860. The Morgan fingerprint density at radius 3 is 3.18 bits per heavy atom. The summed E-state index contributed by atoms with van der Waals surface area (Å²) in [5.74, 6) is 0. The first-order chi connectivity index (χ1) is 8.34. The van der Waals surface area contributed by atoms with Crippen LogP contribution in [-0.4, -0.2) is 24.0 Å². The predicted octanol–water partition coefficient (Wildman–Crippen LogP) is 2.32. The molecule has 2 nitrogen and oxygen atoms in total. The average Bonchev–Trinajstić information content (AvgIpc) is 2.76. The first-order valence-corrected chi connectivity index (χ1v) is 6.89. The van der Waals surface area contributed by atoms with E-state index in [1.165, 1.54) is 31.4 Å². The van der Waals surface area contributed by atoms with Crippen LogP contribution in [0.3, 0.4) is 0 Å². The third-order valence-corrected chi connectivity index (χ3v) is 4.30. The standard InChI is InChI=1S/C15H22N2/c1-12-4-3-9-17(12)11-14-6-2-5-13-10-16-8-7-15(13)14/h2,5-6,12,16H,3-4,7-11H2,1H3. The molecule has 1 aromatic carbocycles.